The van der Waals surface area contributed by atoms with Crippen LogP contribution in [0.2, 0.25) is 0 Å². The fraction of sp³-hybridized carbons (Fsp3) is 1.00. The van der Waals surface area contributed by atoms with E-state index in [1.54, 1.807) is 0 Å². The van der Waals surface area contributed by atoms with Crippen LogP contribution in [0.5, 0.6) is 0 Å². The summed E-state index contributed by atoms with van der Waals surface area (Å²) in [5, 5.41) is 3.94. The van der Waals surface area contributed by atoms with E-state index in [0.717, 1.165) is 23.8 Å². The van der Waals surface area contributed by atoms with Gasteiger partial charge in [-0.25, -0.2) is 0 Å². The summed E-state index contributed by atoms with van der Waals surface area (Å²) >= 11 is 0. The zero-order chi connectivity index (χ0) is 14.6. The first-order valence-corrected chi connectivity index (χ1v) is 9.20. The van der Waals surface area contributed by atoms with Crippen LogP contribution in [0.15, 0.2) is 0 Å². The van der Waals surface area contributed by atoms with Crippen molar-refractivity contribution in [3.63, 3.8) is 0 Å². The molecule has 0 aromatic carbocycles. The Balaban J connectivity index is 1.74. The molecule has 0 saturated heterocycles. The third-order valence-corrected chi connectivity index (χ3v) is 5.88. The van der Waals surface area contributed by atoms with Crippen molar-refractivity contribution in [3.8, 4) is 0 Å². The molecule has 2 aliphatic rings. The molecule has 0 bridgehead atoms. The molecular formula is C19H37N. The average molecular weight is 280 g/mol. The van der Waals surface area contributed by atoms with E-state index in [0.29, 0.717) is 5.41 Å². The van der Waals surface area contributed by atoms with Crippen molar-refractivity contribution in [2.24, 2.45) is 23.2 Å². The molecule has 0 amide bonds. The fourth-order valence-corrected chi connectivity index (χ4v) is 4.71. The second kappa shape index (κ2) is 7.29. The number of hydrogen-bond donors (Lipinski definition) is 1. The maximum Gasteiger partial charge on any atom is 0.0100 e. The summed E-state index contributed by atoms with van der Waals surface area (Å²) in [6.45, 7) is 11.0. The minimum atomic E-state index is 0.470. The van der Waals surface area contributed by atoms with Crippen LogP contribution in [-0.2, 0) is 0 Å². The SMILES string of the molecule is CC1CCCC(CCNC2CCCCC2C(C)(C)C)C1. The summed E-state index contributed by atoms with van der Waals surface area (Å²) in [4.78, 5) is 0. The highest BCUT2D eigenvalue weighted by Crippen LogP contribution is 2.38. The molecule has 2 aliphatic carbocycles. The standard InChI is InChI=1S/C19H37N/c1-15-8-7-9-16(14-15)12-13-20-18-11-6-5-10-17(18)19(2,3)4/h15-18,20H,5-14H2,1-4H3. The van der Waals surface area contributed by atoms with Crippen LogP contribution in [-0.4, -0.2) is 12.6 Å². The molecule has 0 spiro atoms. The molecule has 2 saturated carbocycles. The van der Waals surface area contributed by atoms with Gasteiger partial charge in [-0.15, -0.1) is 0 Å². The molecule has 1 nitrogen and oxygen atoms in total. The molecule has 118 valence electrons. The van der Waals surface area contributed by atoms with E-state index in [4.69, 9.17) is 0 Å². The van der Waals surface area contributed by atoms with Gasteiger partial charge in [0.1, 0.15) is 0 Å². The molecule has 2 rings (SSSR count). The predicted molar refractivity (Wildman–Crippen MR) is 88.9 cm³/mol. The van der Waals surface area contributed by atoms with Gasteiger partial charge in [-0.05, 0) is 55.4 Å². The molecule has 0 heterocycles. The van der Waals surface area contributed by atoms with Gasteiger partial charge in [0.15, 0.2) is 0 Å². The zero-order valence-corrected chi connectivity index (χ0v) is 14.4. The van der Waals surface area contributed by atoms with Crippen LogP contribution in [0.1, 0.15) is 85.5 Å². The Hall–Kier alpha value is -0.0400. The quantitative estimate of drug-likeness (QED) is 0.727. The van der Waals surface area contributed by atoms with Gasteiger partial charge in [0.2, 0.25) is 0 Å². The third kappa shape index (κ3) is 4.76. The molecular weight excluding hydrogens is 242 g/mol. The van der Waals surface area contributed by atoms with Crippen molar-refractivity contribution >= 4 is 0 Å². The number of hydrogen-bond acceptors (Lipinski definition) is 1. The van der Waals surface area contributed by atoms with Crippen molar-refractivity contribution in [2.75, 3.05) is 6.54 Å². The van der Waals surface area contributed by atoms with Crippen molar-refractivity contribution in [2.45, 2.75) is 91.5 Å². The summed E-state index contributed by atoms with van der Waals surface area (Å²) in [5.74, 6) is 2.86. The van der Waals surface area contributed by atoms with E-state index in [1.165, 1.54) is 64.3 Å². The summed E-state index contributed by atoms with van der Waals surface area (Å²) in [7, 11) is 0. The van der Waals surface area contributed by atoms with Crippen LogP contribution in [0, 0.1) is 23.2 Å². The molecule has 0 aliphatic heterocycles. The van der Waals surface area contributed by atoms with E-state index in [-0.39, 0.29) is 0 Å². The van der Waals surface area contributed by atoms with Gasteiger partial charge in [-0.1, -0.05) is 59.8 Å². The molecule has 2 fully saturated rings. The lowest BCUT2D eigenvalue weighted by molar-refractivity contribution is 0.128. The van der Waals surface area contributed by atoms with Crippen LogP contribution in [0.3, 0.4) is 0 Å². The van der Waals surface area contributed by atoms with Crippen molar-refractivity contribution in [1.29, 1.82) is 0 Å². The van der Waals surface area contributed by atoms with Gasteiger partial charge in [0.25, 0.3) is 0 Å². The largest absolute Gasteiger partial charge is 0.314 e. The first kappa shape index (κ1) is 16.3. The lowest BCUT2D eigenvalue weighted by Crippen LogP contribution is -2.44. The first-order chi connectivity index (χ1) is 9.47. The molecule has 0 aromatic rings. The average Bonchev–Trinajstić information content (AvgIpc) is 2.38. The van der Waals surface area contributed by atoms with Crippen molar-refractivity contribution < 1.29 is 0 Å². The van der Waals surface area contributed by atoms with Gasteiger partial charge < -0.3 is 5.32 Å². The highest BCUT2D eigenvalue weighted by atomic mass is 14.9. The zero-order valence-electron chi connectivity index (χ0n) is 14.4. The first-order valence-electron chi connectivity index (χ1n) is 9.20. The van der Waals surface area contributed by atoms with Crippen LogP contribution < -0.4 is 5.32 Å². The van der Waals surface area contributed by atoms with E-state index >= 15 is 0 Å². The molecule has 1 N–H and O–H groups in total. The monoisotopic (exact) mass is 279 g/mol. The summed E-state index contributed by atoms with van der Waals surface area (Å²) in [5.41, 5.74) is 0.470. The molecule has 0 aromatic heterocycles. The van der Waals surface area contributed by atoms with Crippen LogP contribution in [0.25, 0.3) is 0 Å². The van der Waals surface area contributed by atoms with Crippen molar-refractivity contribution in [1.82, 2.24) is 5.32 Å². The van der Waals surface area contributed by atoms with Gasteiger partial charge in [0, 0.05) is 6.04 Å². The highest BCUT2D eigenvalue weighted by molar-refractivity contribution is 4.88. The maximum absolute atomic E-state index is 3.94. The van der Waals surface area contributed by atoms with E-state index in [2.05, 4.69) is 33.0 Å². The minimum Gasteiger partial charge on any atom is -0.314 e. The second-order valence-corrected chi connectivity index (χ2v) is 8.74. The number of rotatable bonds is 4. The van der Waals surface area contributed by atoms with E-state index in [1.807, 2.05) is 0 Å². The Kier molecular flexibility index (Phi) is 5.95. The Labute approximate surface area is 127 Å². The van der Waals surface area contributed by atoms with E-state index < -0.39 is 0 Å². The van der Waals surface area contributed by atoms with Gasteiger partial charge in [-0.3, -0.25) is 0 Å². The fourth-order valence-electron chi connectivity index (χ4n) is 4.71. The minimum absolute atomic E-state index is 0.470. The van der Waals surface area contributed by atoms with Crippen LogP contribution >= 0.6 is 0 Å². The normalized spacial score (nSPS) is 36.0. The summed E-state index contributed by atoms with van der Waals surface area (Å²) in [6, 6.07) is 0.782. The summed E-state index contributed by atoms with van der Waals surface area (Å²) < 4.78 is 0. The molecule has 4 atom stereocenters. The molecule has 4 unspecified atom stereocenters. The molecule has 1 heteroatoms. The lowest BCUT2D eigenvalue weighted by atomic mass is 9.69. The second-order valence-electron chi connectivity index (χ2n) is 8.74. The highest BCUT2D eigenvalue weighted by Gasteiger charge is 2.33. The Morgan fingerprint density at radius 3 is 2.40 bits per heavy atom. The van der Waals surface area contributed by atoms with Gasteiger partial charge in [-0.2, -0.15) is 0 Å². The third-order valence-electron chi connectivity index (χ3n) is 5.88. The molecule has 0 radical (unpaired) electrons. The van der Waals surface area contributed by atoms with Crippen LogP contribution in [0.4, 0.5) is 0 Å². The smallest absolute Gasteiger partial charge is 0.0100 e. The van der Waals surface area contributed by atoms with Crippen molar-refractivity contribution in [3.05, 3.63) is 0 Å². The predicted octanol–water partition coefficient (Wildman–Crippen LogP) is 5.40. The lowest BCUT2D eigenvalue weighted by Gasteiger charge is -2.41. The summed E-state index contributed by atoms with van der Waals surface area (Å²) in [6.07, 6.45) is 13.0. The Bertz CT molecular complexity index is 278. The number of nitrogens with one attached hydrogen (secondary N) is 1. The Morgan fingerprint density at radius 2 is 1.70 bits per heavy atom. The van der Waals surface area contributed by atoms with E-state index in [9.17, 15) is 0 Å². The topological polar surface area (TPSA) is 12.0 Å². The van der Waals surface area contributed by atoms with Gasteiger partial charge >= 0.3 is 0 Å². The Morgan fingerprint density at radius 1 is 0.950 bits per heavy atom. The molecule has 20 heavy (non-hydrogen) atoms. The maximum atomic E-state index is 3.94. The van der Waals surface area contributed by atoms with Gasteiger partial charge in [0.05, 0.1) is 0 Å².